The lowest BCUT2D eigenvalue weighted by Gasteiger charge is -2.07. The second-order valence-electron chi connectivity index (χ2n) is 4.67. The minimum absolute atomic E-state index is 0.0194. The minimum atomic E-state index is -4.42. The maximum Gasteiger partial charge on any atom is 0.416 e. The Morgan fingerprint density at radius 2 is 2.00 bits per heavy atom. The van der Waals surface area contributed by atoms with Crippen LogP contribution in [-0.4, -0.2) is 11.1 Å². The van der Waals surface area contributed by atoms with Gasteiger partial charge >= 0.3 is 6.18 Å². The number of thioether (sulfide) groups is 1. The van der Waals surface area contributed by atoms with Gasteiger partial charge in [0, 0.05) is 11.6 Å². The largest absolute Gasteiger partial charge is 0.457 e. The van der Waals surface area contributed by atoms with Crippen LogP contribution in [0.5, 0.6) is 0 Å². The molecular weight excluding hydrogens is 329 g/mol. The average molecular weight is 338 g/mol. The van der Waals surface area contributed by atoms with Gasteiger partial charge in [-0.2, -0.15) is 13.2 Å². The molecule has 0 atom stereocenters. The van der Waals surface area contributed by atoms with Gasteiger partial charge in [0.2, 0.25) is 0 Å². The van der Waals surface area contributed by atoms with E-state index in [0.29, 0.717) is 16.2 Å². The van der Waals surface area contributed by atoms with E-state index in [-0.39, 0.29) is 10.9 Å². The van der Waals surface area contributed by atoms with Crippen molar-refractivity contribution in [2.75, 3.05) is 0 Å². The molecule has 23 heavy (non-hydrogen) atoms. The molecule has 1 aliphatic heterocycles. The maximum absolute atomic E-state index is 12.7. The Kier molecular flexibility index (Phi) is 3.77. The molecule has 1 fully saturated rings. The molecule has 0 saturated carbocycles. The van der Waals surface area contributed by atoms with E-state index in [0.717, 1.165) is 23.9 Å². The monoisotopic (exact) mass is 338 g/mol. The summed E-state index contributed by atoms with van der Waals surface area (Å²) in [6.07, 6.45) is -2.98. The number of hydrogen-bond donors (Lipinski definition) is 2. The van der Waals surface area contributed by atoms with Gasteiger partial charge in [0.1, 0.15) is 11.5 Å². The van der Waals surface area contributed by atoms with E-state index in [9.17, 15) is 18.0 Å². The first-order chi connectivity index (χ1) is 10.8. The molecule has 118 valence electrons. The smallest absolute Gasteiger partial charge is 0.416 e. The van der Waals surface area contributed by atoms with Crippen LogP contribution in [0.15, 0.2) is 45.7 Å². The van der Waals surface area contributed by atoms with Crippen LogP contribution in [0.3, 0.4) is 0 Å². The number of carbonyl (C=O) groups excluding carboxylic acids is 1. The van der Waals surface area contributed by atoms with Crippen molar-refractivity contribution in [1.29, 1.82) is 5.41 Å². The van der Waals surface area contributed by atoms with Gasteiger partial charge in [0.25, 0.3) is 5.91 Å². The van der Waals surface area contributed by atoms with Gasteiger partial charge < -0.3 is 9.73 Å². The molecular formula is C15H9F3N2O2S. The van der Waals surface area contributed by atoms with Crippen molar-refractivity contribution in [2.24, 2.45) is 0 Å². The van der Waals surface area contributed by atoms with Crippen LogP contribution in [0.4, 0.5) is 13.2 Å². The summed E-state index contributed by atoms with van der Waals surface area (Å²) in [5.74, 6) is 0.184. The predicted molar refractivity (Wildman–Crippen MR) is 80.6 cm³/mol. The quantitative estimate of drug-likeness (QED) is 0.810. The van der Waals surface area contributed by atoms with Crippen molar-refractivity contribution >= 4 is 28.9 Å². The van der Waals surface area contributed by atoms with Gasteiger partial charge in [-0.05, 0) is 36.0 Å². The third-order valence-corrected chi connectivity index (χ3v) is 3.87. The summed E-state index contributed by atoms with van der Waals surface area (Å²) in [4.78, 5) is 11.8. The maximum atomic E-state index is 12.7. The summed E-state index contributed by atoms with van der Waals surface area (Å²) in [7, 11) is 0. The van der Waals surface area contributed by atoms with Gasteiger partial charge in [0.05, 0.1) is 10.5 Å². The molecule has 0 bridgehead atoms. The van der Waals surface area contributed by atoms with Gasteiger partial charge in [-0.15, -0.1) is 0 Å². The van der Waals surface area contributed by atoms with E-state index < -0.39 is 17.6 Å². The van der Waals surface area contributed by atoms with Crippen molar-refractivity contribution in [3.8, 4) is 11.3 Å². The molecule has 2 N–H and O–H groups in total. The minimum Gasteiger partial charge on any atom is -0.457 e. The van der Waals surface area contributed by atoms with E-state index in [1.54, 1.807) is 6.07 Å². The van der Waals surface area contributed by atoms with Crippen LogP contribution in [0.2, 0.25) is 0 Å². The van der Waals surface area contributed by atoms with Crippen LogP contribution in [-0.2, 0) is 11.0 Å². The number of alkyl halides is 3. The van der Waals surface area contributed by atoms with Crippen molar-refractivity contribution in [1.82, 2.24) is 5.32 Å². The highest BCUT2D eigenvalue weighted by molar-refractivity contribution is 8.18. The molecule has 1 aliphatic rings. The molecule has 1 amide bonds. The topological polar surface area (TPSA) is 66.1 Å². The first kappa shape index (κ1) is 15.4. The van der Waals surface area contributed by atoms with Gasteiger partial charge in [-0.25, -0.2) is 0 Å². The van der Waals surface area contributed by atoms with E-state index in [1.165, 1.54) is 24.3 Å². The fraction of sp³-hybridized carbons (Fsp3) is 0.0667. The summed E-state index contributed by atoms with van der Waals surface area (Å²) in [5.41, 5.74) is -0.466. The molecule has 3 rings (SSSR count). The Bertz CT molecular complexity index is 824. The Labute approximate surface area is 132 Å². The summed E-state index contributed by atoms with van der Waals surface area (Å²) < 4.78 is 43.7. The van der Waals surface area contributed by atoms with E-state index in [1.807, 2.05) is 0 Å². The van der Waals surface area contributed by atoms with Crippen LogP contribution in [0.25, 0.3) is 17.4 Å². The number of amidine groups is 1. The van der Waals surface area contributed by atoms with E-state index in [4.69, 9.17) is 9.83 Å². The Morgan fingerprint density at radius 1 is 1.22 bits per heavy atom. The normalized spacial score (nSPS) is 16.9. The molecule has 2 aromatic rings. The number of nitrogens with one attached hydrogen (secondary N) is 2. The fourth-order valence-electron chi connectivity index (χ4n) is 2.01. The molecule has 1 aromatic carbocycles. The summed E-state index contributed by atoms with van der Waals surface area (Å²) in [6.45, 7) is 0. The molecule has 2 heterocycles. The molecule has 0 radical (unpaired) electrons. The first-order valence-corrected chi connectivity index (χ1v) is 7.21. The predicted octanol–water partition coefficient (Wildman–Crippen LogP) is 4.10. The lowest BCUT2D eigenvalue weighted by Crippen LogP contribution is -2.18. The Morgan fingerprint density at radius 3 is 2.65 bits per heavy atom. The summed E-state index contributed by atoms with van der Waals surface area (Å²) in [5, 5.41) is 9.69. The zero-order valence-corrected chi connectivity index (χ0v) is 12.2. The highest BCUT2D eigenvalue weighted by Gasteiger charge is 2.30. The zero-order valence-electron chi connectivity index (χ0n) is 11.4. The van der Waals surface area contributed by atoms with Gasteiger partial charge in [-0.3, -0.25) is 10.2 Å². The number of benzene rings is 1. The number of amides is 1. The van der Waals surface area contributed by atoms with Crippen molar-refractivity contribution in [2.45, 2.75) is 6.18 Å². The van der Waals surface area contributed by atoms with Gasteiger partial charge in [0.15, 0.2) is 5.17 Å². The molecule has 0 aliphatic carbocycles. The summed E-state index contributed by atoms with van der Waals surface area (Å²) >= 11 is 0.954. The molecule has 0 unspecified atom stereocenters. The number of rotatable bonds is 2. The standard InChI is InChI=1S/C15H9F3N2O2S/c16-15(17,18)9-3-1-2-8(6-9)11-5-4-10(22-11)7-12-13(21)20-14(19)23-12/h1-7H,(H2,19,20,21). The Hall–Kier alpha value is -2.48. The second-order valence-corrected chi connectivity index (χ2v) is 5.73. The van der Waals surface area contributed by atoms with Gasteiger partial charge in [-0.1, -0.05) is 12.1 Å². The molecule has 4 nitrogen and oxygen atoms in total. The van der Waals surface area contributed by atoms with Crippen LogP contribution in [0.1, 0.15) is 11.3 Å². The van der Waals surface area contributed by atoms with Crippen molar-refractivity contribution in [3.63, 3.8) is 0 Å². The number of furan rings is 1. The number of hydrogen-bond acceptors (Lipinski definition) is 4. The fourth-order valence-corrected chi connectivity index (χ4v) is 2.69. The molecule has 8 heteroatoms. The SMILES string of the molecule is N=C1NC(=O)C(=Cc2ccc(-c3cccc(C(F)(F)F)c3)o2)S1. The third-order valence-electron chi connectivity index (χ3n) is 3.04. The third kappa shape index (κ3) is 3.31. The van der Waals surface area contributed by atoms with Crippen LogP contribution < -0.4 is 5.32 Å². The molecule has 1 aromatic heterocycles. The number of carbonyl (C=O) groups is 1. The van der Waals surface area contributed by atoms with Crippen LogP contribution in [0, 0.1) is 5.41 Å². The van der Waals surface area contributed by atoms with Crippen molar-refractivity contribution in [3.05, 3.63) is 52.6 Å². The molecule has 0 spiro atoms. The highest BCUT2D eigenvalue weighted by Crippen LogP contribution is 2.33. The van der Waals surface area contributed by atoms with Crippen molar-refractivity contribution < 1.29 is 22.4 Å². The number of halogens is 3. The van der Waals surface area contributed by atoms with E-state index in [2.05, 4.69) is 5.32 Å². The van der Waals surface area contributed by atoms with Crippen LogP contribution >= 0.6 is 11.8 Å². The average Bonchev–Trinajstić information content (AvgIpc) is 3.06. The lowest BCUT2D eigenvalue weighted by molar-refractivity contribution is -0.137. The Balaban J connectivity index is 1.90. The zero-order chi connectivity index (χ0) is 16.6. The van der Waals surface area contributed by atoms with E-state index >= 15 is 0 Å². The highest BCUT2D eigenvalue weighted by atomic mass is 32.2. The summed E-state index contributed by atoms with van der Waals surface area (Å²) in [6, 6.07) is 7.89. The first-order valence-electron chi connectivity index (χ1n) is 6.40. The lowest BCUT2D eigenvalue weighted by atomic mass is 10.1. The second kappa shape index (κ2) is 5.62. The molecule has 1 saturated heterocycles.